The zero-order valence-electron chi connectivity index (χ0n) is 66.3. The third kappa shape index (κ3) is 10.2. The van der Waals surface area contributed by atoms with Crippen LogP contribution in [0.3, 0.4) is 0 Å². The Kier molecular flexibility index (Phi) is 16.0. The Labute approximate surface area is 715 Å². The van der Waals surface area contributed by atoms with Crippen molar-refractivity contribution in [1.29, 1.82) is 0 Å². The second-order valence-corrected chi connectivity index (χ2v) is 38.0. The normalized spacial score (nSPS) is 15.2. The third-order valence-electron chi connectivity index (χ3n) is 26.2. The van der Waals surface area contributed by atoms with Crippen LogP contribution < -0.4 is 0 Å². The molecule has 21 aromatic rings. The van der Waals surface area contributed by atoms with E-state index in [1.807, 2.05) is 231 Å². The summed E-state index contributed by atoms with van der Waals surface area (Å²) in [6.45, 7) is 0.0842. The van der Waals surface area contributed by atoms with Gasteiger partial charge in [0.2, 0.25) is 29.5 Å². The van der Waals surface area contributed by atoms with E-state index in [4.69, 9.17) is 15.0 Å². The van der Waals surface area contributed by atoms with E-state index in [2.05, 4.69) is 159 Å². The average molecular weight is 1660 g/mol. The van der Waals surface area contributed by atoms with Gasteiger partial charge in [-0.1, -0.05) is 315 Å². The predicted octanol–water partition coefficient (Wildman–Crippen LogP) is 23.1. The molecule has 0 saturated heterocycles. The van der Waals surface area contributed by atoms with Crippen LogP contribution in [0.25, 0.3) is 99.6 Å². The van der Waals surface area contributed by atoms with Gasteiger partial charge in [0.25, 0.3) is 0 Å². The molecule has 0 N–H and O–H groups in total. The van der Waals surface area contributed by atoms with Crippen LogP contribution in [0.1, 0.15) is 72.6 Å². The van der Waals surface area contributed by atoms with Crippen LogP contribution in [-0.4, -0.2) is 53.9 Å². The van der Waals surface area contributed by atoms with Crippen LogP contribution in [0.15, 0.2) is 442 Å². The van der Waals surface area contributed by atoms with Crippen molar-refractivity contribution in [3.05, 3.63) is 485 Å². The van der Waals surface area contributed by atoms with Gasteiger partial charge in [-0.2, -0.15) is 0 Å². The van der Waals surface area contributed by atoms with Crippen LogP contribution >= 0.6 is 0 Å². The van der Waals surface area contributed by atoms with Crippen LogP contribution in [0, 0.1) is 0 Å². The number of fused-ring (bicyclic) bond motifs is 15. The molecule has 0 radical (unpaired) electrons. The lowest BCUT2D eigenvalue weighted by molar-refractivity contribution is 0.577. The molecule has 15 heteroatoms. The molecule has 0 spiro atoms. The van der Waals surface area contributed by atoms with Gasteiger partial charge in [-0.25, -0.2) is 40.2 Å². The zero-order chi connectivity index (χ0) is 83.0. The first-order valence-electron chi connectivity index (χ1n) is 41.3. The summed E-state index contributed by atoms with van der Waals surface area (Å²) in [6.07, 6.45) is 0. The fraction of sp³-hybridized carbons (Fsp3) is 0.0367. The quantitative estimate of drug-likeness (QED) is 0.116. The molecule has 3 aliphatic rings. The highest BCUT2D eigenvalue weighted by Crippen LogP contribution is 2.59. The summed E-state index contributed by atoms with van der Waals surface area (Å²) in [6, 6.07) is 136. The summed E-state index contributed by atoms with van der Waals surface area (Å²) < 4.78 is 101. The smallest absolute Gasteiger partial charge is 0.207 e. The molecule has 0 aliphatic carbocycles. The Morgan fingerprint density at radius 3 is 0.847 bits per heavy atom. The molecule has 17 aromatic carbocycles. The minimum absolute atomic E-state index is 0.0842. The van der Waals surface area contributed by atoms with Crippen molar-refractivity contribution in [2.75, 3.05) is 0 Å². The minimum Gasteiger partial charge on any atom is -0.333 e. The summed E-state index contributed by atoms with van der Waals surface area (Å²) >= 11 is 0. The van der Waals surface area contributed by atoms with Crippen molar-refractivity contribution in [3.8, 4) is 34.2 Å². The highest BCUT2D eigenvalue weighted by Gasteiger charge is 2.53. The van der Waals surface area contributed by atoms with E-state index in [0.29, 0.717) is 62.0 Å². The Balaban J connectivity index is 0.743. The van der Waals surface area contributed by atoms with Crippen molar-refractivity contribution >= 4 is 94.9 Å². The van der Waals surface area contributed by atoms with E-state index < -0.39 is 45.8 Å². The number of aromatic nitrogens is 6. The molecule has 24 rings (SSSR count). The summed E-state index contributed by atoms with van der Waals surface area (Å²) in [5.41, 5.74) is 13.7. The Morgan fingerprint density at radius 2 is 0.500 bits per heavy atom. The van der Waals surface area contributed by atoms with Gasteiger partial charge in [0.05, 0.1) is 74.2 Å². The number of benzene rings is 17. The molecule has 0 fully saturated rings. The molecule has 590 valence electrons. The zero-order valence-corrected chi connectivity index (χ0v) is 68.8. The second kappa shape index (κ2) is 27.3. The lowest BCUT2D eigenvalue weighted by Crippen LogP contribution is -2.37. The van der Waals surface area contributed by atoms with Gasteiger partial charge in [0.15, 0.2) is 17.5 Å². The first-order chi connectivity index (χ1) is 60.8. The monoisotopic (exact) mass is 1650 g/mol. The highest BCUT2D eigenvalue weighted by molar-refractivity contribution is 7.92. The largest absolute Gasteiger partial charge is 0.333 e. The molecular formula is C109H70N6O6S3. The fourth-order valence-electron chi connectivity index (χ4n) is 21.1. The standard InChI is InChI=1S/C109H70N6O6S3/c116-122(117)98-58-28-22-52-86(98)107(72-35-7-1-8-36-72,73-37-9-2-10-38-73)89-66-95-83(63-101(89)122)80-49-19-25-55-92(80)113(95)69-104-110-105(70-33-31-47-78(61-70)114-93-56-26-20-50-81(93)84-64-102-90(67-96(84)114)108(74-39-11-3-12-40-74,75-41-13-4-14-42-75)87-53-23-29-59-99(87)123(102,118)119)112-106(111-104)71-34-32-48-79(62-71)115-94-57-27-21-51-82(94)85-65-103-91(68-97(85)115)109(76-43-15-5-16-44-76,77-45-17-6-18-46-77)88-54-24-30-60-100(88)124(103,120)121/h1-68H,69H2. The number of para-hydroxylation sites is 3. The van der Waals surface area contributed by atoms with Gasteiger partial charge in [0.1, 0.15) is 0 Å². The maximum absolute atomic E-state index is 15.8. The molecule has 7 heterocycles. The van der Waals surface area contributed by atoms with Crippen LogP contribution in [0.2, 0.25) is 0 Å². The molecular weight excluding hydrogens is 1590 g/mol. The molecule has 0 saturated carbocycles. The number of rotatable bonds is 12. The number of hydrogen-bond acceptors (Lipinski definition) is 9. The topological polar surface area (TPSA) is 156 Å². The van der Waals surface area contributed by atoms with Crippen molar-refractivity contribution in [3.63, 3.8) is 0 Å². The average Bonchev–Trinajstić information content (AvgIpc) is 1.18. The van der Waals surface area contributed by atoms with E-state index in [1.54, 1.807) is 36.4 Å². The van der Waals surface area contributed by atoms with Gasteiger partial charge < -0.3 is 13.7 Å². The molecule has 0 amide bonds. The summed E-state index contributed by atoms with van der Waals surface area (Å²) in [5.74, 6) is 1.12. The summed E-state index contributed by atoms with van der Waals surface area (Å²) in [4.78, 5) is 18.3. The second-order valence-electron chi connectivity index (χ2n) is 32.3. The summed E-state index contributed by atoms with van der Waals surface area (Å²) in [5, 5.41) is 4.81. The Morgan fingerprint density at radius 1 is 0.218 bits per heavy atom. The van der Waals surface area contributed by atoms with Gasteiger partial charge in [0, 0.05) is 65.9 Å². The van der Waals surface area contributed by atoms with Gasteiger partial charge in [-0.15, -0.1) is 0 Å². The van der Waals surface area contributed by atoms with E-state index in [0.717, 1.165) is 110 Å². The Bertz CT molecular complexity index is 7990. The number of hydrogen-bond donors (Lipinski definition) is 0. The maximum Gasteiger partial charge on any atom is 0.207 e. The number of sulfone groups is 3. The van der Waals surface area contributed by atoms with Crippen molar-refractivity contribution in [1.82, 2.24) is 28.7 Å². The first-order valence-corrected chi connectivity index (χ1v) is 45.8. The maximum atomic E-state index is 15.8. The molecule has 124 heavy (non-hydrogen) atoms. The third-order valence-corrected chi connectivity index (χ3v) is 31.7. The highest BCUT2D eigenvalue weighted by atomic mass is 32.2. The SMILES string of the molecule is O=S1(=O)c2ccccc2C(c2ccccc2)(c2ccccc2)c2cc3c(cc21)c1ccccc1n3Cc1nc(-c2cccc(-n3c4ccccc4c4cc5c(cc43)C(c3ccccc3)(c3ccccc3)c3ccccc3S5(=O)=O)c2)nc(-c2cccc(-n3c4ccccc4c4cc5c(cc43)C(c3ccccc3)(c3ccccc3)c3ccccc3S5(=O)=O)c2)n1. The first kappa shape index (κ1) is 73.0. The molecule has 0 unspecified atom stereocenters. The number of nitrogens with zero attached hydrogens (tertiary/aromatic N) is 6. The van der Waals surface area contributed by atoms with Crippen LogP contribution in [0.4, 0.5) is 0 Å². The van der Waals surface area contributed by atoms with E-state index >= 15 is 25.3 Å². The van der Waals surface area contributed by atoms with E-state index in [1.165, 1.54) is 0 Å². The molecule has 4 aromatic heterocycles. The van der Waals surface area contributed by atoms with E-state index in [-0.39, 0.29) is 35.9 Å². The summed E-state index contributed by atoms with van der Waals surface area (Å²) in [7, 11) is -12.4. The van der Waals surface area contributed by atoms with Crippen LogP contribution in [-0.2, 0) is 52.3 Å². The molecule has 0 bridgehead atoms. The molecule has 3 aliphatic heterocycles. The van der Waals surface area contributed by atoms with E-state index in [9.17, 15) is 0 Å². The van der Waals surface area contributed by atoms with Crippen molar-refractivity contribution < 1.29 is 25.3 Å². The lowest BCUT2D eigenvalue weighted by Gasteiger charge is -2.41. The predicted molar refractivity (Wildman–Crippen MR) is 489 cm³/mol. The molecule has 12 nitrogen and oxygen atoms in total. The van der Waals surface area contributed by atoms with Crippen LogP contribution in [0.5, 0.6) is 0 Å². The minimum atomic E-state index is -4.15. The van der Waals surface area contributed by atoms with Crippen molar-refractivity contribution in [2.45, 2.75) is 52.2 Å². The van der Waals surface area contributed by atoms with Crippen molar-refractivity contribution in [2.24, 2.45) is 0 Å². The van der Waals surface area contributed by atoms with Gasteiger partial charge in [-0.3, -0.25) is 0 Å². The lowest BCUT2D eigenvalue weighted by atomic mass is 9.64. The molecule has 0 atom stereocenters. The van der Waals surface area contributed by atoms with Gasteiger partial charge in [-0.05, 0) is 164 Å². The van der Waals surface area contributed by atoms with Gasteiger partial charge >= 0.3 is 0 Å². The Hall–Kier alpha value is -15.0. The fourth-order valence-corrected chi connectivity index (χ4v) is 26.5.